The highest BCUT2D eigenvalue weighted by atomic mass is 16.6. The first-order valence-corrected chi connectivity index (χ1v) is 22.3. The Morgan fingerprint density at radius 3 is 2.25 bits per heavy atom. The highest BCUT2D eigenvalue weighted by Gasteiger charge is 2.47. The summed E-state index contributed by atoms with van der Waals surface area (Å²) in [6.07, 6.45) is 7.53. The summed E-state index contributed by atoms with van der Waals surface area (Å²) in [5.74, 6) is -5.86. The molecule has 3 fully saturated rings. The zero-order valence-electron chi connectivity index (χ0n) is 36.8. The molecule has 0 radical (unpaired) electrons. The van der Waals surface area contributed by atoms with E-state index >= 15 is 0 Å². The minimum absolute atomic E-state index is 0.0152. The van der Waals surface area contributed by atoms with Crippen LogP contribution < -0.4 is 0 Å². The molecule has 1 aliphatic carbocycles. The van der Waals surface area contributed by atoms with Crippen LogP contribution in [0, 0.1) is 35.5 Å². The van der Waals surface area contributed by atoms with E-state index in [0.29, 0.717) is 63.4 Å². The van der Waals surface area contributed by atoms with Gasteiger partial charge in [-0.25, -0.2) is 4.79 Å². The van der Waals surface area contributed by atoms with Crippen LogP contribution in [0.1, 0.15) is 126 Å². The van der Waals surface area contributed by atoms with E-state index in [0.717, 1.165) is 0 Å². The number of aliphatic hydroxyl groups excluding tert-OH is 5. The lowest BCUT2D eigenvalue weighted by Crippen LogP contribution is -2.52. The number of cyclic esters (lactones) is 1. The van der Waals surface area contributed by atoms with Crippen LogP contribution in [-0.4, -0.2) is 120 Å². The molecule has 4 rings (SSSR count). The van der Waals surface area contributed by atoms with Crippen LogP contribution in [0.25, 0.3) is 0 Å². The van der Waals surface area contributed by atoms with Crippen LogP contribution in [0.2, 0.25) is 0 Å². The number of carbonyl (C=O) groups excluding carboxylic acids is 4. The lowest BCUT2D eigenvalue weighted by molar-refractivity contribution is -0.283. The maximum atomic E-state index is 14.1. The highest BCUT2D eigenvalue weighted by Crippen LogP contribution is 2.38. The summed E-state index contributed by atoms with van der Waals surface area (Å²) < 4.78 is 12.4. The second kappa shape index (κ2) is 22.4. The molecule has 3 heterocycles. The van der Waals surface area contributed by atoms with Gasteiger partial charge in [-0.3, -0.25) is 14.4 Å². The first kappa shape index (κ1) is 49.6. The monoisotopic (exact) mass is 844 g/mol. The molecular weight excluding hydrogens is 771 g/mol. The van der Waals surface area contributed by atoms with Gasteiger partial charge >= 0.3 is 5.97 Å². The quantitative estimate of drug-likeness (QED) is 0.170. The highest BCUT2D eigenvalue weighted by molar-refractivity contribution is 5.87. The molecule has 13 heteroatoms. The van der Waals surface area contributed by atoms with Gasteiger partial charge in [-0.2, -0.15) is 0 Å². The molecule has 0 aromatic rings. The van der Waals surface area contributed by atoms with Crippen LogP contribution in [0.5, 0.6) is 0 Å². The minimum Gasteiger partial charge on any atom is -0.460 e. The maximum Gasteiger partial charge on any atom is 0.329 e. The molecule has 3 aliphatic heterocycles. The fraction of sp³-hybridized carbons (Fsp3) is 0.745. The fourth-order valence-electron chi connectivity index (χ4n) is 9.32. The van der Waals surface area contributed by atoms with Crippen LogP contribution in [-0.2, 0) is 28.7 Å². The SMILES string of the molecule is C/C1=C\[C@@H](C)C(=O)C[C@@H]([C@H](C)C[C@@H]2CC[C@@H](O)[C@H](O)C2)OC(=O)C2CCCN2C(=O)C[C@]2(O)O[C@@H](CC[C@H]2C)C[C@H](O)/C(C)=C/C=C/C=C/[C@@H](C)C[C@@H](C)C(=O)[C@H](O)[C@@H]1O. The van der Waals surface area contributed by atoms with Gasteiger partial charge in [-0.15, -0.1) is 0 Å². The molecule has 4 aliphatic rings. The van der Waals surface area contributed by atoms with Crippen molar-refractivity contribution >= 4 is 23.4 Å². The fourth-order valence-corrected chi connectivity index (χ4v) is 9.32. The van der Waals surface area contributed by atoms with Crippen molar-refractivity contribution in [1.82, 2.24) is 4.90 Å². The molecule has 0 aromatic carbocycles. The molecule has 0 spiro atoms. The Bertz CT molecular complexity index is 1610. The van der Waals surface area contributed by atoms with Gasteiger partial charge in [-0.1, -0.05) is 71.1 Å². The van der Waals surface area contributed by atoms with Gasteiger partial charge in [0.1, 0.15) is 30.1 Å². The number of aliphatic hydroxyl groups is 6. The third-order valence-electron chi connectivity index (χ3n) is 13.5. The van der Waals surface area contributed by atoms with E-state index in [9.17, 15) is 49.8 Å². The predicted molar refractivity (Wildman–Crippen MR) is 226 cm³/mol. The molecule has 60 heavy (non-hydrogen) atoms. The summed E-state index contributed by atoms with van der Waals surface area (Å²) >= 11 is 0. The molecular formula is C47H73NO12. The number of ether oxygens (including phenoxy) is 2. The summed E-state index contributed by atoms with van der Waals surface area (Å²) in [5.41, 5.74) is 0.937. The summed E-state index contributed by atoms with van der Waals surface area (Å²) in [4.78, 5) is 56.5. The second-order valence-corrected chi connectivity index (χ2v) is 18.7. The molecule has 338 valence electrons. The van der Waals surface area contributed by atoms with Crippen molar-refractivity contribution in [3.63, 3.8) is 0 Å². The molecule has 2 saturated heterocycles. The minimum atomic E-state index is -1.81. The van der Waals surface area contributed by atoms with E-state index in [1.807, 2.05) is 39.0 Å². The van der Waals surface area contributed by atoms with Gasteiger partial charge in [0.05, 0.1) is 30.8 Å². The van der Waals surface area contributed by atoms with E-state index < -0.39 is 84.1 Å². The molecule has 1 saturated carbocycles. The standard InChI is InChI=1S/C47H73NO12/c1-27-12-9-8-10-13-28(2)38(50)24-35-17-15-33(7)47(58,60-35)26-42(53)48-19-11-14-36(48)46(57)59-41(30(4)22-34-16-18-37(49)40(52)23-34)25-39(51)29(3)21-32(6)44(55)45(56)43(54)31(5)20-27/h8-10,12-13,21,27,29-31,33-38,40-41,44-45,49-50,52,55-56,58H,11,14-20,22-26H2,1-7H3/b10-8+,12-9+,28-13+,32-21+/t27-,29-,30-,31-,33-,34+,35+,36?,37-,38+,40-,41+,44-,45+,47+/m1/s1. The summed E-state index contributed by atoms with van der Waals surface area (Å²) in [5, 5.41) is 65.3. The number of nitrogens with zero attached hydrogens (tertiary/aromatic N) is 1. The Kier molecular flexibility index (Phi) is 18.5. The van der Waals surface area contributed by atoms with Crippen molar-refractivity contribution in [2.24, 2.45) is 35.5 Å². The van der Waals surface area contributed by atoms with Crippen molar-refractivity contribution in [1.29, 1.82) is 0 Å². The number of ketones is 2. The molecule has 6 N–H and O–H groups in total. The lowest BCUT2D eigenvalue weighted by atomic mass is 9.78. The summed E-state index contributed by atoms with van der Waals surface area (Å²) in [6, 6.07) is -0.945. The van der Waals surface area contributed by atoms with Crippen molar-refractivity contribution in [2.75, 3.05) is 6.54 Å². The average molecular weight is 844 g/mol. The Morgan fingerprint density at radius 1 is 0.833 bits per heavy atom. The van der Waals surface area contributed by atoms with Gasteiger partial charge < -0.3 is 45.0 Å². The van der Waals surface area contributed by atoms with Gasteiger partial charge in [0.15, 0.2) is 11.6 Å². The second-order valence-electron chi connectivity index (χ2n) is 18.7. The van der Waals surface area contributed by atoms with E-state index in [1.54, 1.807) is 39.8 Å². The molecule has 13 nitrogen and oxygen atoms in total. The smallest absolute Gasteiger partial charge is 0.329 e. The van der Waals surface area contributed by atoms with E-state index in [4.69, 9.17) is 9.47 Å². The number of carbonyl (C=O) groups is 4. The topological polar surface area (TPSA) is 211 Å². The average Bonchev–Trinajstić information content (AvgIpc) is 3.69. The number of hydrogen-bond acceptors (Lipinski definition) is 12. The van der Waals surface area contributed by atoms with E-state index in [2.05, 4.69) is 0 Å². The van der Waals surface area contributed by atoms with E-state index in [-0.39, 0.29) is 60.8 Å². The van der Waals surface area contributed by atoms with E-state index in [1.165, 1.54) is 11.0 Å². The van der Waals surface area contributed by atoms with Crippen molar-refractivity contribution in [3.8, 4) is 0 Å². The number of Topliss-reactive ketones (excluding diaryl/α,β-unsaturated/α-hetero) is 2. The van der Waals surface area contributed by atoms with Crippen molar-refractivity contribution in [2.45, 2.75) is 180 Å². The molecule has 1 unspecified atom stereocenters. The number of fused-ring (bicyclic) bond motifs is 3. The van der Waals surface area contributed by atoms with Crippen molar-refractivity contribution < 1.29 is 59.3 Å². The van der Waals surface area contributed by atoms with Crippen LogP contribution in [0.3, 0.4) is 0 Å². The lowest BCUT2D eigenvalue weighted by Gasteiger charge is -2.43. The number of hydrogen-bond donors (Lipinski definition) is 6. The summed E-state index contributed by atoms with van der Waals surface area (Å²) in [6.45, 7) is 12.6. The summed E-state index contributed by atoms with van der Waals surface area (Å²) in [7, 11) is 0. The zero-order chi connectivity index (χ0) is 44.5. The molecule has 15 atom stereocenters. The third kappa shape index (κ3) is 13.5. The predicted octanol–water partition coefficient (Wildman–Crippen LogP) is 4.65. The van der Waals surface area contributed by atoms with Crippen LogP contribution in [0.4, 0.5) is 0 Å². The normalized spacial score (nSPS) is 42.5. The van der Waals surface area contributed by atoms with Gasteiger partial charge in [0.25, 0.3) is 0 Å². The molecule has 0 aromatic heterocycles. The largest absolute Gasteiger partial charge is 0.460 e. The Balaban J connectivity index is 1.62. The van der Waals surface area contributed by atoms with Gasteiger partial charge in [0, 0.05) is 37.1 Å². The van der Waals surface area contributed by atoms with Crippen LogP contribution >= 0.6 is 0 Å². The molecule has 2 bridgehead atoms. The maximum absolute atomic E-state index is 14.1. The number of rotatable bonds is 3. The van der Waals surface area contributed by atoms with Crippen LogP contribution in [0.15, 0.2) is 47.6 Å². The first-order valence-electron chi connectivity index (χ1n) is 22.3. The first-order chi connectivity index (χ1) is 28.2. The van der Waals surface area contributed by atoms with Crippen molar-refractivity contribution in [3.05, 3.63) is 47.6 Å². The Morgan fingerprint density at radius 2 is 1.55 bits per heavy atom. The van der Waals surface area contributed by atoms with Gasteiger partial charge in [-0.05, 0) is 101 Å². The number of amides is 1. The molecule has 1 amide bonds. The third-order valence-corrected chi connectivity index (χ3v) is 13.5. The Labute approximate surface area is 356 Å². The number of allylic oxidation sites excluding steroid dienone is 6. The Hall–Kier alpha value is -3.04. The zero-order valence-corrected chi connectivity index (χ0v) is 36.8. The number of esters is 1. The van der Waals surface area contributed by atoms with Gasteiger partial charge in [0.2, 0.25) is 5.91 Å².